The van der Waals surface area contributed by atoms with E-state index in [2.05, 4.69) is 5.32 Å². The monoisotopic (exact) mass is 249 g/mol. The lowest BCUT2D eigenvalue weighted by molar-refractivity contribution is -0.142. The molecule has 18 heavy (non-hydrogen) atoms. The molecule has 1 aromatic rings. The Balaban J connectivity index is 2.50. The second-order valence-electron chi connectivity index (χ2n) is 4.13. The molecule has 0 radical (unpaired) electrons. The zero-order valence-corrected chi connectivity index (χ0v) is 11.1. The Morgan fingerprint density at radius 3 is 2.67 bits per heavy atom. The molecule has 0 saturated heterocycles. The summed E-state index contributed by atoms with van der Waals surface area (Å²) in [5, 5.41) is 2.72. The minimum absolute atomic E-state index is 0.152. The average molecular weight is 249 g/mol. The van der Waals surface area contributed by atoms with Gasteiger partial charge in [-0.3, -0.25) is 9.59 Å². The van der Waals surface area contributed by atoms with Crippen LogP contribution in [-0.4, -0.2) is 25.0 Å². The van der Waals surface area contributed by atoms with Crippen molar-refractivity contribution in [2.24, 2.45) is 0 Å². The van der Waals surface area contributed by atoms with Crippen molar-refractivity contribution in [2.75, 3.05) is 13.2 Å². The number of hydrogen-bond acceptors (Lipinski definition) is 3. The molecule has 1 aromatic carbocycles. The van der Waals surface area contributed by atoms with Gasteiger partial charge in [0.25, 0.3) is 5.91 Å². The maximum Gasteiger partial charge on any atom is 0.307 e. The number of amides is 1. The molecule has 1 amide bonds. The summed E-state index contributed by atoms with van der Waals surface area (Å²) in [7, 11) is 0. The summed E-state index contributed by atoms with van der Waals surface area (Å²) in [6.07, 6.45) is 0.199. The van der Waals surface area contributed by atoms with Gasteiger partial charge < -0.3 is 10.1 Å². The fraction of sp³-hybridized carbons (Fsp3) is 0.429. The molecule has 0 aliphatic carbocycles. The lowest BCUT2D eigenvalue weighted by atomic mass is 10.1. The van der Waals surface area contributed by atoms with Crippen molar-refractivity contribution < 1.29 is 14.3 Å². The van der Waals surface area contributed by atoms with E-state index in [0.29, 0.717) is 18.7 Å². The van der Waals surface area contributed by atoms with Crippen molar-refractivity contribution >= 4 is 11.9 Å². The Morgan fingerprint density at radius 2 is 2.00 bits per heavy atom. The highest BCUT2D eigenvalue weighted by molar-refractivity contribution is 5.95. The summed E-state index contributed by atoms with van der Waals surface area (Å²) >= 11 is 0. The Kier molecular flexibility index (Phi) is 5.36. The second kappa shape index (κ2) is 6.79. The Morgan fingerprint density at radius 1 is 1.28 bits per heavy atom. The van der Waals surface area contributed by atoms with Gasteiger partial charge in [0.15, 0.2) is 0 Å². The Bertz CT molecular complexity index is 441. The molecule has 0 fully saturated rings. The minimum Gasteiger partial charge on any atom is -0.466 e. The highest BCUT2D eigenvalue weighted by Gasteiger charge is 2.09. The summed E-state index contributed by atoms with van der Waals surface area (Å²) in [4.78, 5) is 23.0. The van der Waals surface area contributed by atoms with Gasteiger partial charge in [-0.05, 0) is 32.4 Å². The number of ether oxygens (including phenoxy) is 1. The predicted molar refractivity (Wildman–Crippen MR) is 69.5 cm³/mol. The van der Waals surface area contributed by atoms with E-state index < -0.39 is 0 Å². The number of nitrogens with one attached hydrogen (secondary N) is 1. The molecule has 0 heterocycles. The first-order chi connectivity index (χ1) is 8.54. The summed E-state index contributed by atoms with van der Waals surface area (Å²) < 4.78 is 4.78. The van der Waals surface area contributed by atoms with E-state index in [1.165, 1.54) is 0 Å². The lowest BCUT2D eigenvalue weighted by Crippen LogP contribution is -2.27. The zero-order chi connectivity index (χ0) is 13.5. The topological polar surface area (TPSA) is 55.4 Å². The zero-order valence-electron chi connectivity index (χ0n) is 11.1. The molecule has 0 aliphatic rings. The predicted octanol–water partition coefficient (Wildman–Crippen LogP) is 1.99. The smallest absolute Gasteiger partial charge is 0.307 e. The first kappa shape index (κ1) is 14.2. The van der Waals surface area contributed by atoms with Gasteiger partial charge in [-0.1, -0.05) is 17.7 Å². The summed E-state index contributed by atoms with van der Waals surface area (Å²) in [5.74, 6) is -0.445. The van der Waals surface area contributed by atoms with E-state index >= 15 is 0 Å². The van der Waals surface area contributed by atoms with Crippen molar-refractivity contribution in [3.05, 3.63) is 34.9 Å². The molecule has 4 heteroatoms. The fourth-order valence-corrected chi connectivity index (χ4v) is 1.59. The van der Waals surface area contributed by atoms with Crippen LogP contribution in [0.2, 0.25) is 0 Å². The molecule has 0 aliphatic heterocycles. The third kappa shape index (κ3) is 4.20. The van der Waals surface area contributed by atoms with Crippen LogP contribution in [0.3, 0.4) is 0 Å². The van der Waals surface area contributed by atoms with Crippen molar-refractivity contribution in [1.82, 2.24) is 5.32 Å². The van der Waals surface area contributed by atoms with Gasteiger partial charge in [0, 0.05) is 12.1 Å². The third-order valence-electron chi connectivity index (χ3n) is 2.56. The van der Waals surface area contributed by atoms with Gasteiger partial charge in [-0.2, -0.15) is 0 Å². The lowest BCUT2D eigenvalue weighted by Gasteiger charge is -2.08. The summed E-state index contributed by atoms with van der Waals surface area (Å²) in [6.45, 7) is 6.25. The molecule has 98 valence electrons. The molecule has 0 saturated carbocycles. The van der Waals surface area contributed by atoms with Gasteiger partial charge in [0.2, 0.25) is 0 Å². The first-order valence-corrected chi connectivity index (χ1v) is 6.05. The maximum atomic E-state index is 11.9. The standard InChI is InChI=1S/C14H19NO3/c1-4-18-13(16)7-8-15-14(17)12-9-10(2)5-6-11(12)3/h5-6,9H,4,7-8H2,1-3H3,(H,15,17). The van der Waals surface area contributed by atoms with Crippen molar-refractivity contribution in [3.63, 3.8) is 0 Å². The number of aryl methyl sites for hydroxylation is 2. The molecule has 1 N–H and O–H groups in total. The molecule has 0 atom stereocenters. The van der Waals surface area contributed by atoms with Crippen LogP contribution in [0.15, 0.2) is 18.2 Å². The van der Waals surface area contributed by atoms with Crippen LogP contribution >= 0.6 is 0 Å². The Hall–Kier alpha value is -1.84. The third-order valence-corrected chi connectivity index (χ3v) is 2.56. The normalized spacial score (nSPS) is 9.94. The second-order valence-corrected chi connectivity index (χ2v) is 4.13. The van der Waals surface area contributed by atoms with Crippen LogP contribution in [0, 0.1) is 13.8 Å². The molecular formula is C14H19NO3. The van der Waals surface area contributed by atoms with E-state index in [4.69, 9.17) is 4.74 Å². The number of carbonyl (C=O) groups excluding carboxylic acids is 2. The van der Waals surface area contributed by atoms with Crippen molar-refractivity contribution in [3.8, 4) is 0 Å². The van der Waals surface area contributed by atoms with Crippen LogP contribution in [0.4, 0.5) is 0 Å². The molecule has 1 rings (SSSR count). The average Bonchev–Trinajstić information content (AvgIpc) is 2.32. The van der Waals surface area contributed by atoms with Gasteiger partial charge in [0.05, 0.1) is 13.0 Å². The van der Waals surface area contributed by atoms with E-state index in [9.17, 15) is 9.59 Å². The largest absolute Gasteiger partial charge is 0.466 e. The van der Waals surface area contributed by atoms with Crippen LogP contribution < -0.4 is 5.32 Å². The summed E-state index contributed by atoms with van der Waals surface area (Å²) in [6, 6.07) is 5.72. The Labute approximate surface area is 107 Å². The number of rotatable bonds is 5. The summed E-state index contributed by atoms with van der Waals surface area (Å²) in [5.41, 5.74) is 2.62. The highest BCUT2D eigenvalue weighted by atomic mass is 16.5. The van der Waals surface area contributed by atoms with E-state index in [1.807, 2.05) is 32.0 Å². The highest BCUT2D eigenvalue weighted by Crippen LogP contribution is 2.10. The molecule has 0 aromatic heterocycles. The number of benzene rings is 1. The molecule has 0 bridgehead atoms. The maximum absolute atomic E-state index is 11.9. The number of carbonyl (C=O) groups is 2. The van der Waals surface area contributed by atoms with E-state index in [1.54, 1.807) is 6.92 Å². The van der Waals surface area contributed by atoms with Gasteiger partial charge in [0.1, 0.15) is 0 Å². The van der Waals surface area contributed by atoms with Gasteiger partial charge >= 0.3 is 5.97 Å². The number of hydrogen-bond donors (Lipinski definition) is 1. The van der Waals surface area contributed by atoms with Crippen LogP contribution in [0.25, 0.3) is 0 Å². The molecular weight excluding hydrogens is 230 g/mol. The minimum atomic E-state index is -0.293. The molecule has 0 unspecified atom stereocenters. The van der Waals surface area contributed by atoms with Crippen molar-refractivity contribution in [2.45, 2.75) is 27.2 Å². The molecule has 0 spiro atoms. The van der Waals surface area contributed by atoms with Gasteiger partial charge in [-0.25, -0.2) is 0 Å². The fourth-order valence-electron chi connectivity index (χ4n) is 1.59. The molecule has 4 nitrogen and oxygen atoms in total. The van der Waals surface area contributed by atoms with Crippen LogP contribution in [0.1, 0.15) is 34.8 Å². The number of esters is 1. The quantitative estimate of drug-likeness (QED) is 0.812. The first-order valence-electron chi connectivity index (χ1n) is 6.05. The van der Waals surface area contributed by atoms with E-state index in [0.717, 1.165) is 11.1 Å². The SMILES string of the molecule is CCOC(=O)CCNC(=O)c1cc(C)ccc1C. The van der Waals surface area contributed by atoms with E-state index in [-0.39, 0.29) is 18.3 Å². The van der Waals surface area contributed by atoms with Crippen molar-refractivity contribution in [1.29, 1.82) is 0 Å². The van der Waals surface area contributed by atoms with Crippen LogP contribution in [-0.2, 0) is 9.53 Å². The van der Waals surface area contributed by atoms with Crippen LogP contribution in [0.5, 0.6) is 0 Å². The van der Waals surface area contributed by atoms with Gasteiger partial charge in [-0.15, -0.1) is 0 Å².